The minimum absolute atomic E-state index is 0.0999. The molecule has 110 valence electrons. The van der Waals surface area contributed by atoms with Crippen LogP contribution in [-0.4, -0.2) is 25.7 Å². The van der Waals surface area contributed by atoms with Crippen molar-refractivity contribution in [1.29, 1.82) is 0 Å². The van der Waals surface area contributed by atoms with E-state index >= 15 is 0 Å². The van der Waals surface area contributed by atoms with Crippen molar-refractivity contribution in [3.63, 3.8) is 0 Å². The molecular formula is C15H15NO4S. The molecule has 5 nitrogen and oxygen atoms in total. The average molecular weight is 305 g/mol. The number of nitrogens with one attached hydrogen (secondary N) is 1. The average Bonchev–Trinajstić information content (AvgIpc) is 2.45. The molecule has 6 heteroatoms. The normalized spacial score (nSPS) is 11.1. The van der Waals surface area contributed by atoms with E-state index in [-0.39, 0.29) is 16.6 Å². The number of aromatic hydroxyl groups is 1. The quantitative estimate of drug-likeness (QED) is 0.901. The van der Waals surface area contributed by atoms with Crippen molar-refractivity contribution < 1.29 is 18.3 Å². The van der Waals surface area contributed by atoms with Crippen molar-refractivity contribution in [2.45, 2.75) is 11.4 Å². The van der Waals surface area contributed by atoms with Gasteiger partial charge in [0, 0.05) is 18.4 Å². The summed E-state index contributed by atoms with van der Waals surface area (Å²) in [4.78, 5) is 12.1. The second kappa shape index (κ2) is 5.97. The Morgan fingerprint density at radius 2 is 1.62 bits per heavy atom. The first-order chi connectivity index (χ1) is 9.86. The molecule has 21 heavy (non-hydrogen) atoms. The number of phenolic OH excluding ortho intramolecular Hbond substituents is 1. The Labute approximate surface area is 123 Å². The number of hydrogen-bond donors (Lipinski definition) is 2. The molecule has 0 radical (unpaired) electrons. The standard InChI is InChI=1S/C15H15NO4S/c1-21(19,20)14-8-2-11(3-9-14)10-16-15(18)12-4-6-13(17)7-5-12/h2-9,17H,10H2,1H3,(H,16,18). The van der Waals surface area contributed by atoms with Crippen LogP contribution in [0.25, 0.3) is 0 Å². The van der Waals surface area contributed by atoms with Gasteiger partial charge in [-0.25, -0.2) is 8.42 Å². The Hall–Kier alpha value is -2.34. The first-order valence-electron chi connectivity index (χ1n) is 6.22. The summed E-state index contributed by atoms with van der Waals surface area (Å²) in [7, 11) is -3.21. The molecule has 0 aliphatic rings. The number of rotatable bonds is 4. The molecule has 1 amide bonds. The van der Waals surface area contributed by atoms with Gasteiger partial charge in [0.15, 0.2) is 9.84 Å². The van der Waals surface area contributed by atoms with Gasteiger partial charge in [0.25, 0.3) is 5.91 Å². The SMILES string of the molecule is CS(=O)(=O)c1ccc(CNC(=O)c2ccc(O)cc2)cc1. The third kappa shape index (κ3) is 4.06. The fourth-order valence-electron chi connectivity index (χ4n) is 1.75. The zero-order valence-corrected chi connectivity index (χ0v) is 12.2. The molecule has 2 aromatic carbocycles. The second-order valence-electron chi connectivity index (χ2n) is 4.65. The smallest absolute Gasteiger partial charge is 0.251 e. The molecule has 0 spiro atoms. The topological polar surface area (TPSA) is 83.5 Å². The molecule has 0 unspecified atom stereocenters. The lowest BCUT2D eigenvalue weighted by molar-refractivity contribution is 0.0951. The van der Waals surface area contributed by atoms with Crippen molar-refractivity contribution in [2.75, 3.05) is 6.26 Å². The van der Waals surface area contributed by atoms with Crippen LogP contribution in [0.1, 0.15) is 15.9 Å². The summed E-state index contributed by atoms with van der Waals surface area (Å²) in [6.07, 6.45) is 1.15. The Morgan fingerprint density at radius 1 is 1.05 bits per heavy atom. The Morgan fingerprint density at radius 3 is 2.14 bits per heavy atom. The first kappa shape index (κ1) is 15.1. The van der Waals surface area contributed by atoms with E-state index in [0.29, 0.717) is 12.1 Å². The van der Waals surface area contributed by atoms with Crippen LogP contribution in [0.2, 0.25) is 0 Å². The van der Waals surface area contributed by atoms with E-state index in [0.717, 1.165) is 11.8 Å². The Kier molecular flexibility index (Phi) is 4.28. The molecule has 2 rings (SSSR count). The van der Waals surface area contributed by atoms with E-state index in [1.165, 1.54) is 36.4 Å². The minimum Gasteiger partial charge on any atom is -0.508 e. The van der Waals surface area contributed by atoms with Gasteiger partial charge < -0.3 is 10.4 Å². The van der Waals surface area contributed by atoms with Gasteiger partial charge in [-0.05, 0) is 42.0 Å². The van der Waals surface area contributed by atoms with Crippen LogP contribution in [-0.2, 0) is 16.4 Å². The van der Waals surface area contributed by atoms with Gasteiger partial charge >= 0.3 is 0 Å². The molecule has 0 atom stereocenters. The molecule has 0 saturated carbocycles. The predicted octanol–water partition coefficient (Wildman–Crippen LogP) is 1.73. The van der Waals surface area contributed by atoms with E-state index < -0.39 is 9.84 Å². The van der Waals surface area contributed by atoms with E-state index in [9.17, 15) is 13.2 Å². The highest BCUT2D eigenvalue weighted by atomic mass is 32.2. The highest BCUT2D eigenvalue weighted by Crippen LogP contribution is 2.11. The lowest BCUT2D eigenvalue weighted by Gasteiger charge is -2.06. The summed E-state index contributed by atoms with van der Waals surface area (Å²) < 4.78 is 22.7. The van der Waals surface area contributed by atoms with Crippen molar-refractivity contribution in [2.24, 2.45) is 0 Å². The van der Waals surface area contributed by atoms with Crippen LogP contribution in [0.5, 0.6) is 5.75 Å². The van der Waals surface area contributed by atoms with Gasteiger partial charge in [0.05, 0.1) is 4.90 Å². The summed E-state index contributed by atoms with van der Waals surface area (Å²) in [6, 6.07) is 12.3. The monoisotopic (exact) mass is 305 g/mol. The molecule has 0 saturated heterocycles. The van der Waals surface area contributed by atoms with Crippen molar-refractivity contribution in [1.82, 2.24) is 5.32 Å². The largest absolute Gasteiger partial charge is 0.508 e. The van der Waals surface area contributed by atoms with Crippen LogP contribution >= 0.6 is 0 Å². The van der Waals surface area contributed by atoms with Gasteiger partial charge in [0.1, 0.15) is 5.75 Å². The molecule has 0 fully saturated rings. The minimum atomic E-state index is -3.21. The maximum Gasteiger partial charge on any atom is 0.251 e. The highest BCUT2D eigenvalue weighted by Gasteiger charge is 2.07. The highest BCUT2D eigenvalue weighted by molar-refractivity contribution is 7.90. The third-order valence-electron chi connectivity index (χ3n) is 2.93. The Balaban J connectivity index is 2.00. The van der Waals surface area contributed by atoms with Crippen LogP contribution < -0.4 is 5.32 Å². The van der Waals surface area contributed by atoms with E-state index in [1.807, 2.05) is 0 Å². The first-order valence-corrected chi connectivity index (χ1v) is 8.11. The fraction of sp³-hybridized carbons (Fsp3) is 0.133. The molecule has 0 heterocycles. The zero-order chi connectivity index (χ0) is 15.5. The maximum absolute atomic E-state index is 11.9. The van der Waals surface area contributed by atoms with Crippen LogP contribution in [0, 0.1) is 0 Å². The number of hydrogen-bond acceptors (Lipinski definition) is 4. The Bertz CT molecular complexity index is 734. The summed E-state index contributed by atoms with van der Waals surface area (Å²) in [5, 5.41) is 11.9. The zero-order valence-electron chi connectivity index (χ0n) is 11.4. The van der Waals surface area contributed by atoms with E-state index in [2.05, 4.69) is 5.32 Å². The summed E-state index contributed by atoms with van der Waals surface area (Å²) in [6.45, 7) is 0.295. The number of amides is 1. The molecule has 2 N–H and O–H groups in total. The van der Waals surface area contributed by atoms with Gasteiger partial charge in [-0.2, -0.15) is 0 Å². The number of carbonyl (C=O) groups is 1. The number of phenols is 1. The third-order valence-corrected chi connectivity index (χ3v) is 4.06. The van der Waals surface area contributed by atoms with Gasteiger partial charge in [-0.3, -0.25) is 4.79 Å². The number of carbonyl (C=O) groups excluding carboxylic acids is 1. The van der Waals surface area contributed by atoms with Crippen LogP contribution in [0.3, 0.4) is 0 Å². The predicted molar refractivity (Wildman–Crippen MR) is 78.8 cm³/mol. The van der Waals surface area contributed by atoms with Gasteiger partial charge in [0.2, 0.25) is 0 Å². The molecule has 0 aromatic heterocycles. The van der Waals surface area contributed by atoms with Gasteiger partial charge in [-0.1, -0.05) is 12.1 Å². The molecular weight excluding hydrogens is 290 g/mol. The number of sulfone groups is 1. The van der Waals surface area contributed by atoms with Gasteiger partial charge in [-0.15, -0.1) is 0 Å². The second-order valence-corrected chi connectivity index (χ2v) is 6.66. The summed E-state index contributed by atoms with van der Waals surface area (Å²) >= 11 is 0. The van der Waals surface area contributed by atoms with Crippen molar-refractivity contribution >= 4 is 15.7 Å². The molecule has 0 aliphatic heterocycles. The van der Waals surface area contributed by atoms with Crippen molar-refractivity contribution in [3.8, 4) is 5.75 Å². The van der Waals surface area contributed by atoms with Crippen molar-refractivity contribution in [3.05, 3.63) is 59.7 Å². The maximum atomic E-state index is 11.9. The van der Waals surface area contributed by atoms with Crippen LogP contribution in [0.15, 0.2) is 53.4 Å². The summed E-state index contributed by atoms with van der Waals surface area (Å²) in [5.74, 6) is -0.162. The van der Waals surface area contributed by atoms with Crippen LogP contribution in [0.4, 0.5) is 0 Å². The lowest BCUT2D eigenvalue weighted by atomic mass is 10.2. The lowest BCUT2D eigenvalue weighted by Crippen LogP contribution is -2.22. The van der Waals surface area contributed by atoms with E-state index in [1.54, 1.807) is 12.1 Å². The fourth-order valence-corrected chi connectivity index (χ4v) is 2.38. The molecule has 0 bridgehead atoms. The van der Waals surface area contributed by atoms with E-state index in [4.69, 9.17) is 5.11 Å². The molecule has 2 aromatic rings. The molecule has 0 aliphatic carbocycles. The number of benzene rings is 2. The summed E-state index contributed by atoms with van der Waals surface area (Å²) in [5.41, 5.74) is 1.25.